The number of amides is 2. The van der Waals surface area contributed by atoms with Crippen LogP contribution in [-0.2, 0) is 12.6 Å². The number of benzene rings is 1. The van der Waals surface area contributed by atoms with E-state index in [2.05, 4.69) is 32.5 Å². The van der Waals surface area contributed by atoms with Gasteiger partial charge in [-0.1, -0.05) is 18.5 Å². The predicted octanol–water partition coefficient (Wildman–Crippen LogP) is 4.15. The van der Waals surface area contributed by atoms with Gasteiger partial charge in [-0.2, -0.15) is 5.10 Å². The summed E-state index contributed by atoms with van der Waals surface area (Å²) in [5.41, 5.74) is 0.742. The molecule has 2 unspecified atom stereocenters. The van der Waals surface area contributed by atoms with E-state index in [9.17, 15) is 4.79 Å². The summed E-state index contributed by atoms with van der Waals surface area (Å²) in [6, 6.07) is 5.29. The van der Waals surface area contributed by atoms with Crippen molar-refractivity contribution >= 4 is 23.3 Å². The summed E-state index contributed by atoms with van der Waals surface area (Å²) in [4.78, 5) is 19.6. The summed E-state index contributed by atoms with van der Waals surface area (Å²) in [5.74, 6) is 2.01. The van der Waals surface area contributed by atoms with Gasteiger partial charge in [0.05, 0.1) is 5.02 Å². The van der Waals surface area contributed by atoms with Crippen molar-refractivity contribution in [3.63, 3.8) is 0 Å². The molecule has 3 heterocycles. The second-order valence-corrected chi connectivity index (χ2v) is 9.05. The van der Waals surface area contributed by atoms with E-state index < -0.39 is 5.54 Å². The highest BCUT2D eigenvalue weighted by molar-refractivity contribution is 6.33. The Hall–Kier alpha value is -2.94. The summed E-state index contributed by atoms with van der Waals surface area (Å²) < 4.78 is 7.42. The smallest absolute Gasteiger partial charge is 0.322 e. The number of nitrogens with zero attached hydrogens (tertiary/aromatic N) is 6. The molecule has 2 aromatic heterocycles. The molecule has 2 bridgehead atoms. The number of halogens is 1. The second-order valence-electron chi connectivity index (χ2n) is 8.64. The molecule has 3 atom stereocenters. The number of rotatable bonds is 3. The molecule has 162 valence electrons. The normalized spacial score (nSPS) is 25.1. The lowest BCUT2D eigenvalue weighted by atomic mass is 9.75. The topological polar surface area (TPSA) is 102 Å². The molecule has 1 N–H and O–H groups in total. The molecule has 0 spiro atoms. The fourth-order valence-electron chi connectivity index (χ4n) is 4.93. The number of carbonyl (C=O) groups excluding carboxylic acids is 1. The summed E-state index contributed by atoms with van der Waals surface area (Å²) in [6.45, 7) is 3.99. The maximum absolute atomic E-state index is 13.4. The van der Waals surface area contributed by atoms with Crippen LogP contribution in [0.4, 0.5) is 10.5 Å². The number of anilines is 1. The van der Waals surface area contributed by atoms with Crippen molar-refractivity contribution in [1.29, 1.82) is 0 Å². The maximum atomic E-state index is 13.4. The van der Waals surface area contributed by atoms with Crippen LogP contribution in [0.2, 0.25) is 5.02 Å². The highest BCUT2D eigenvalue weighted by atomic mass is 35.5. The van der Waals surface area contributed by atoms with Crippen molar-refractivity contribution in [1.82, 2.24) is 29.9 Å². The average molecular weight is 442 g/mol. The second kappa shape index (κ2) is 7.33. The predicted molar refractivity (Wildman–Crippen MR) is 114 cm³/mol. The van der Waals surface area contributed by atoms with Crippen LogP contribution >= 0.6 is 11.6 Å². The third-order valence-corrected chi connectivity index (χ3v) is 6.61. The number of likely N-dealkylation sites (tertiary alicyclic amines) is 1. The van der Waals surface area contributed by atoms with Crippen molar-refractivity contribution in [2.75, 3.05) is 5.32 Å². The van der Waals surface area contributed by atoms with Crippen LogP contribution in [0.5, 0.6) is 0 Å². The number of urea groups is 1. The number of hydrogen-bond donors (Lipinski definition) is 1. The van der Waals surface area contributed by atoms with E-state index >= 15 is 0 Å². The number of aromatic nitrogens is 5. The SMILES string of the molecule is Cc1nnc(C23CC(CC[C@H](C)C2)N3C(=O)Nc2ccc(Cl)c(-c3ncn(C)n3)c2)o1. The zero-order valence-electron chi connectivity index (χ0n) is 17.7. The van der Waals surface area contributed by atoms with Crippen molar-refractivity contribution in [3.05, 3.63) is 41.3 Å². The van der Waals surface area contributed by atoms with E-state index in [1.165, 1.54) is 0 Å². The first-order valence-electron chi connectivity index (χ1n) is 10.4. The van der Waals surface area contributed by atoms with Crippen molar-refractivity contribution < 1.29 is 9.21 Å². The zero-order valence-corrected chi connectivity index (χ0v) is 18.4. The summed E-state index contributed by atoms with van der Waals surface area (Å²) in [5, 5.41) is 16.2. The van der Waals surface area contributed by atoms with Crippen LogP contribution in [-0.4, -0.2) is 41.9 Å². The first kappa shape index (κ1) is 20.0. The van der Waals surface area contributed by atoms with Gasteiger partial charge in [-0.3, -0.25) is 4.68 Å². The molecule has 1 saturated carbocycles. The molecule has 9 nitrogen and oxygen atoms in total. The van der Waals surface area contributed by atoms with E-state index in [4.69, 9.17) is 16.0 Å². The van der Waals surface area contributed by atoms with Gasteiger partial charge in [-0.15, -0.1) is 10.2 Å². The van der Waals surface area contributed by atoms with Gasteiger partial charge in [0.1, 0.15) is 11.9 Å². The Morgan fingerprint density at radius 2 is 2.13 bits per heavy atom. The molecular formula is C21H24ClN7O2. The Labute approximate surface area is 184 Å². The Bertz CT molecular complexity index is 1140. The van der Waals surface area contributed by atoms with Gasteiger partial charge in [-0.25, -0.2) is 9.78 Å². The lowest BCUT2D eigenvalue weighted by Gasteiger charge is -2.55. The third kappa shape index (κ3) is 3.37. The standard InChI is InChI=1S/C21H24ClN7O2/c1-12-4-6-15-10-21(9-12,19-26-25-13(2)31-19)29(15)20(30)24-14-5-7-17(22)16(8-14)18-23-11-28(3)27-18/h5,7-8,11-12,15H,4,6,9-10H2,1-3H3,(H,24,30)/t12-,15?,21?/m0/s1. The molecule has 5 rings (SSSR count). The van der Waals surface area contributed by atoms with Gasteiger partial charge in [0.2, 0.25) is 11.8 Å². The van der Waals surface area contributed by atoms with Crippen LogP contribution in [0.15, 0.2) is 28.9 Å². The molecule has 1 aliphatic heterocycles. The number of nitrogens with one attached hydrogen (secondary N) is 1. The maximum Gasteiger partial charge on any atom is 0.322 e. The molecule has 1 aromatic carbocycles. The highest BCUT2D eigenvalue weighted by Crippen LogP contribution is 2.53. The Morgan fingerprint density at radius 3 is 2.84 bits per heavy atom. The molecule has 2 aliphatic rings. The number of hydrogen-bond acceptors (Lipinski definition) is 6. The van der Waals surface area contributed by atoms with Crippen LogP contribution in [0.25, 0.3) is 11.4 Å². The molecule has 1 saturated heterocycles. The minimum atomic E-state index is -0.552. The highest BCUT2D eigenvalue weighted by Gasteiger charge is 2.60. The summed E-state index contributed by atoms with van der Waals surface area (Å²) in [6.07, 6.45) is 5.30. The van der Waals surface area contributed by atoms with Gasteiger partial charge >= 0.3 is 6.03 Å². The van der Waals surface area contributed by atoms with Crippen LogP contribution in [0, 0.1) is 12.8 Å². The number of carbonyl (C=O) groups is 1. The van der Waals surface area contributed by atoms with E-state index in [1.54, 1.807) is 43.2 Å². The van der Waals surface area contributed by atoms with Gasteiger partial charge < -0.3 is 14.6 Å². The van der Waals surface area contributed by atoms with Crippen molar-refractivity contribution in [2.45, 2.75) is 51.1 Å². The van der Waals surface area contributed by atoms with Gasteiger partial charge in [0.25, 0.3) is 0 Å². The monoisotopic (exact) mass is 441 g/mol. The molecule has 10 heteroatoms. The first-order valence-corrected chi connectivity index (χ1v) is 10.8. The number of aryl methyl sites for hydroxylation is 2. The summed E-state index contributed by atoms with van der Waals surface area (Å²) >= 11 is 6.36. The third-order valence-electron chi connectivity index (χ3n) is 6.28. The average Bonchev–Trinajstić information content (AvgIpc) is 3.25. The lowest BCUT2D eigenvalue weighted by Crippen LogP contribution is -2.66. The fourth-order valence-corrected chi connectivity index (χ4v) is 5.13. The van der Waals surface area contributed by atoms with Gasteiger partial charge in [0.15, 0.2) is 5.82 Å². The molecule has 2 amide bonds. The van der Waals surface area contributed by atoms with Crippen LogP contribution in [0.1, 0.15) is 44.4 Å². The minimum Gasteiger partial charge on any atom is -0.423 e. The van der Waals surface area contributed by atoms with Crippen molar-refractivity contribution in [2.24, 2.45) is 13.0 Å². The minimum absolute atomic E-state index is 0.154. The lowest BCUT2D eigenvalue weighted by molar-refractivity contribution is -0.0517. The Morgan fingerprint density at radius 1 is 1.29 bits per heavy atom. The van der Waals surface area contributed by atoms with Gasteiger partial charge in [0, 0.05) is 37.7 Å². The molecule has 1 aliphatic carbocycles. The fraction of sp³-hybridized carbons (Fsp3) is 0.476. The molecule has 3 aromatic rings. The quantitative estimate of drug-likeness (QED) is 0.655. The largest absolute Gasteiger partial charge is 0.423 e. The molecular weight excluding hydrogens is 418 g/mol. The van der Waals surface area contributed by atoms with E-state index in [0.29, 0.717) is 39.8 Å². The van der Waals surface area contributed by atoms with Crippen LogP contribution < -0.4 is 5.32 Å². The van der Waals surface area contributed by atoms with E-state index in [-0.39, 0.29) is 12.1 Å². The molecule has 2 fully saturated rings. The Kier molecular flexibility index (Phi) is 4.73. The van der Waals surface area contributed by atoms with Crippen LogP contribution in [0.3, 0.4) is 0 Å². The van der Waals surface area contributed by atoms with E-state index in [1.807, 2.05) is 4.90 Å². The Balaban J connectivity index is 1.44. The van der Waals surface area contributed by atoms with E-state index in [0.717, 1.165) is 25.7 Å². The van der Waals surface area contributed by atoms with Crippen molar-refractivity contribution in [3.8, 4) is 11.4 Å². The zero-order chi connectivity index (χ0) is 21.8. The first-order chi connectivity index (χ1) is 14.9. The van der Waals surface area contributed by atoms with Gasteiger partial charge in [-0.05, 0) is 43.4 Å². The molecule has 31 heavy (non-hydrogen) atoms. The number of fused-ring (bicyclic) bond motifs is 2. The summed E-state index contributed by atoms with van der Waals surface area (Å²) in [7, 11) is 1.79. The molecule has 0 radical (unpaired) electrons.